The van der Waals surface area contributed by atoms with E-state index < -0.39 is 5.97 Å². The quantitative estimate of drug-likeness (QED) is 0.433. The van der Waals surface area contributed by atoms with Crippen LogP contribution in [0.3, 0.4) is 0 Å². The average Bonchev–Trinajstić information content (AvgIpc) is 2.22. The molecule has 0 saturated carbocycles. The molecule has 0 fully saturated rings. The van der Waals surface area contributed by atoms with Gasteiger partial charge in [-0.2, -0.15) is 0 Å². The van der Waals surface area contributed by atoms with Crippen LogP contribution in [-0.2, 0) is 4.79 Å². The van der Waals surface area contributed by atoms with Gasteiger partial charge in [0.1, 0.15) is 11.5 Å². The normalized spacial score (nSPS) is 9.53. The molecule has 1 rings (SSSR count). The van der Waals surface area contributed by atoms with Gasteiger partial charge >= 0.3 is 5.97 Å². The Morgan fingerprint density at radius 1 is 1.33 bits per heavy atom. The monoisotopic (exact) mass is 206 g/mol. The van der Waals surface area contributed by atoms with Crippen molar-refractivity contribution in [3.63, 3.8) is 0 Å². The minimum Gasteiger partial charge on any atom is -0.497 e. The van der Waals surface area contributed by atoms with E-state index in [1.165, 1.54) is 0 Å². The molecule has 3 heteroatoms. The molecule has 0 aliphatic carbocycles. The third-order valence-electron chi connectivity index (χ3n) is 2.04. The Hall–Kier alpha value is -1.77. The summed E-state index contributed by atoms with van der Waals surface area (Å²) in [5.74, 6) is 0.871. The molecular formula is C12H14O3. The van der Waals surface area contributed by atoms with E-state index in [1.807, 2.05) is 26.0 Å². The molecule has 1 aromatic carbocycles. The lowest BCUT2D eigenvalue weighted by molar-refractivity contribution is -0.129. The van der Waals surface area contributed by atoms with Gasteiger partial charge < -0.3 is 9.47 Å². The second-order valence-electron chi connectivity index (χ2n) is 3.22. The second-order valence-corrected chi connectivity index (χ2v) is 3.22. The van der Waals surface area contributed by atoms with E-state index in [9.17, 15) is 4.79 Å². The summed E-state index contributed by atoms with van der Waals surface area (Å²) in [6, 6.07) is 3.64. The lowest BCUT2D eigenvalue weighted by atomic mass is 10.1. The molecule has 0 unspecified atom stereocenters. The van der Waals surface area contributed by atoms with Gasteiger partial charge in [-0.15, -0.1) is 0 Å². The fourth-order valence-electron chi connectivity index (χ4n) is 1.33. The Labute approximate surface area is 89.3 Å². The third-order valence-corrected chi connectivity index (χ3v) is 2.04. The van der Waals surface area contributed by atoms with Crippen LogP contribution in [0.25, 0.3) is 0 Å². The van der Waals surface area contributed by atoms with Gasteiger partial charge in [0.2, 0.25) is 0 Å². The van der Waals surface area contributed by atoms with Gasteiger partial charge in [-0.1, -0.05) is 6.58 Å². The molecule has 0 amide bonds. The number of ether oxygens (including phenoxy) is 2. The van der Waals surface area contributed by atoms with Gasteiger partial charge in [-0.05, 0) is 37.1 Å². The number of hydrogen-bond donors (Lipinski definition) is 0. The molecule has 0 bridgehead atoms. The highest BCUT2D eigenvalue weighted by Gasteiger charge is 2.09. The lowest BCUT2D eigenvalue weighted by Crippen LogP contribution is -2.06. The molecule has 0 heterocycles. The van der Waals surface area contributed by atoms with Crippen molar-refractivity contribution in [2.45, 2.75) is 13.8 Å². The maximum absolute atomic E-state index is 11.1. The summed E-state index contributed by atoms with van der Waals surface area (Å²) in [4.78, 5) is 11.1. The smallest absolute Gasteiger partial charge is 0.335 e. The first-order chi connectivity index (χ1) is 7.08. The maximum Gasteiger partial charge on any atom is 0.335 e. The van der Waals surface area contributed by atoms with Crippen molar-refractivity contribution >= 4 is 5.97 Å². The third kappa shape index (κ3) is 2.59. The van der Waals surface area contributed by atoms with Crippen molar-refractivity contribution in [1.29, 1.82) is 0 Å². The first-order valence-electron chi connectivity index (χ1n) is 4.58. The number of esters is 1. The van der Waals surface area contributed by atoms with Crippen molar-refractivity contribution in [2.75, 3.05) is 7.11 Å². The summed E-state index contributed by atoms with van der Waals surface area (Å²) in [7, 11) is 1.60. The van der Waals surface area contributed by atoms with Crippen LogP contribution in [0.15, 0.2) is 24.8 Å². The minimum absolute atomic E-state index is 0.452. The van der Waals surface area contributed by atoms with E-state index in [2.05, 4.69) is 6.58 Å². The van der Waals surface area contributed by atoms with Crippen LogP contribution >= 0.6 is 0 Å². The number of carbonyl (C=O) groups excluding carboxylic acids is 1. The average molecular weight is 206 g/mol. The number of methoxy groups -OCH3 is 1. The Kier molecular flexibility index (Phi) is 3.50. The zero-order valence-corrected chi connectivity index (χ0v) is 9.16. The first kappa shape index (κ1) is 11.3. The zero-order valence-electron chi connectivity index (χ0n) is 9.16. The molecule has 0 radical (unpaired) electrons. The van der Waals surface area contributed by atoms with Crippen molar-refractivity contribution in [3.8, 4) is 11.5 Å². The van der Waals surface area contributed by atoms with Crippen molar-refractivity contribution < 1.29 is 14.3 Å². The van der Waals surface area contributed by atoms with E-state index in [1.54, 1.807) is 7.11 Å². The first-order valence-corrected chi connectivity index (χ1v) is 4.58. The summed E-state index contributed by atoms with van der Waals surface area (Å²) in [5.41, 5.74) is 1.73. The molecule has 3 nitrogen and oxygen atoms in total. The van der Waals surface area contributed by atoms with E-state index in [0.717, 1.165) is 23.0 Å². The van der Waals surface area contributed by atoms with Crippen LogP contribution in [-0.4, -0.2) is 13.1 Å². The predicted octanol–water partition coefficient (Wildman–Crippen LogP) is 2.40. The number of benzene rings is 1. The summed E-state index contributed by atoms with van der Waals surface area (Å²) in [6.45, 7) is 7.08. The SMILES string of the molecule is C=CC(=O)Oc1c(C)cc(OC)cc1C. The Bertz CT molecular complexity index is 371. The van der Waals surface area contributed by atoms with Gasteiger partial charge in [0.15, 0.2) is 0 Å². The number of carbonyl (C=O) groups is 1. The van der Waals surface area contributed by atoms with Crippen LogP contribution in [0.1, 0.15) is 11.1 Å². The van der Waals surface area contributed by atoms with Crippen LogP contribution in [0.4, 0.5) is 0 Å². The standard InChI is InChI=1S/C12H14O3/c1-5-11(13)15-12-8(2)6-10(14-4)7-9(12)3/h5-7H,1H2,2-4H3. The van der Waals surface area contributed by atoms with E-state index in [-0.39, 0.29) is 0 Å². The molecule has 0 aromatic heterocycles. The molecule has 0 aliphatic heterocycles. The molecule has 0 atom stereocenters. The van der Waals surface area contributed by atoms with Crippen molar-refractivity contribution in [2.24, 2.45) is 0 Å². The highest BCUT2D eigenvalue weighted by atomic mass is 16.5. The largest absolute Gasteiger partial charge is 0.497 e. The second kappa shape index (κ2) is 4.64. The van der Waals surface area contributed by atoms with Gasteiger partial charge in [0, 0.05) is 6.08 Å². The molecule has 0 N–H and O–H groups in total. The molecule has 15 heavy (non-hydrogen) atoms. The molecule has 0 aliphatic rings. The minimum atomic E-state index is -0.452. The molecule has 1 aromatic rings. The summed E-state index contributed by atoms with van der Waals surface area (Å²) < 4.78 is 10.2. The van der Waals surface area contributed by atoms with Gasteiger partial charge in [-0.3, -0.25) is 0 Å². The number of hydrogen-bond acceptors (Lipinski definition) is 3. The summed E-state index contributed by atoms with van der Waals surface area (Å²) in [6.07, 6.45) is 1.14. The van der Waals surface area contributed by atoms with E-state index in [0.29, 0.717) is 5.75 Å². The molecule has 0 saturated heterocycles. The van der Waals surface area contributed by atoms with Gasteiger partial charge in [-0.25, -0.2) is 4.79 Å². The zero-order chi connectivity index (χ0) is 11.4. The summed E-state index contributed by atoms with van der Waals surface area (Å²) >= 11 is 0. The number of rotatable bonds is 3. The van der Waals surface area contributed by atoms with Crippen LogP contribution in [0.5, 0.6) is 11.5 Å². The topological polar surface area (TPSA) is 35.5 Å². The fraction of sp³-hybridized carbons (Fsp3) is 0.250. The van der Waals surface area contributed by atoms with Gasteiger partial charge in [0.05, 0.1) is 7.11 Å². The predicted molar refractivity (Wildman–Crippen MR) is 58.3 cm³/mol. The van der Waals surface area contributed by atoms with E-state index >= 15 is 0 Å². The molecule has 80 valence electrons. The van der Waals surface area contributed by atoms with Gasteiger partial charge in [0.25, 0.3) is 0 Å². The Balaban J connectivity index is 3.08. The summed E-state index contributed by atoms with van der Waals surface area (Å²) in [5, 5.41) is 0. The van der Waals surface area contributed by atoms with Crippen LogP contribution < -0.4 is 9.47 Å². The highest BCUT2D eigenvalue weighted by Crippen LogP contribution is 2.28. The van der Waals surface area contributed by atoms with Crippen LogP contribution in [0.2, 0.25) is 0 Å². The molecule has 0 spiro atoms. The Morgan fingerprint density at radius 2 is 1.87 bits per heavy atom. The fourth-order valence-corrected chi connectivity index (χ4v) is 1.33. The van der Waals surface area contributed by atoms with E-state index in [4.69, 9.17) is 9.47 Å². The van der Waals surface area contributed by atoms with Crippen molar-refractivity contribution in [1.82, 2.24) is 0 Å². The highest BCUT2D eigenvalue weighted by molar-refractivity contribution is 5.83. The molecular weight excluding hydrogens is 192 g/mol. The number of aryl methyl sites for hydroxylation is 2. The van der Waals surface area contributed by atoms with Crippen molar-refractivity contribution in [3.05, 3.63) is 35.9 Å². The Morgan fingerprint density at radius 3 is 2.27 bits per heavy atom. The lowest BCUT2D eigenvalue weighted by Gasteiger charge is -2.10. The maximum atomic E-state index is 11.1. The van der Waals surface area contributed by atoms with Crippen LogP contribution in [0, 0.1) is 13.8 Å².